The van der Waals surface area contributed by atoms with Gasteiger partial charge in [-0.25, -0.2) is 10.9 Å². The summed E-state index contributed by atoms with van der Waals surface area (Å²) in [4.78, 5) is 12.3. The maximum atomic E-state index is 12.3. The maximum absolute atomic E-state index is 12.3. The Morgan fingerprint density at radius 3 is 2.77 bits per heavy atom. The molecule has 2 aromatic rings. The fraction of sp³-hybridized carbons (Fsp3) is 0.312. The fourth-order valence-corrected chi connectivity index (χ4v) is 2.60. The molecule has 22 heavy (non-hydrogen) atoms. The molecule has 116 valence electrons. The lowest BCUT2D eigenvalue weighted by Crippen LogP contribution is -2.45. The molecule has 0 saturated carbocycles. The summed E-state index contributed by atoms with van der Waals surface area (Å²) in [5.41, 5.74) is 6.91. The summed E-state index contributed by atoms with van der Waals surface area (Å²) in [6, 6.07) is 12.3. The Morgan fingerprint density at radius 2 is 2.09 bits per heavy atom. The highest BCUT2D eigenvalue weighted by Crippen LogP contribution is 2.23. The second-order valence-electron chi connectivity index (χ2n) is 5.30. The van der Waals surface area contributed by atoms with E-state index in [2.05, 4.69) is 16.2 Å². The van der Waals surface area contributed by atoms with Crippen molar-refractivity contribution in [3.8, 4) is 0 Å². The monoisotopic (exact) mass is 301 g/mol. The largest absolute Gasteiger partial charge is 0.468 e. The number of furan rings is 1. The van der Waals surface area contributed by atoms with Gasteiger partial charge in [0.1, 0.15) is 11.8 Å². The number of hydrazine groups is 1. The van der Waals surface area contributed by atoms with Gasteiger partial charge in [0.25, 0.3) is 0 Å². The second-order valence-corrected chi connectivity index (χ2v) is 5.30. The Kier molecular flexibility index (Phi) is 4.53. The van der Waals surface area contributed by atoms with Gasteiger partial charge in [-0.2, -0.15) is 0 Å². The molecule has 1 aliphatic rings. The number of aliphatic hydroxyl groups excluding tert-OH is 1. The van der Waals surface area contributed by atoms with Gasteiger partial charge >= 0.3 is 0 Å². The first-order valence-electron chi connectivity index (χ1n) is 7.28. The lowest BCUT2D eigenvalue weighted by atomic mass is 10.1. The van der Waals surface area contributed by atoms with Gasteiger partial charge in [0.2, 0.25) is 5.91 Å². The summed E-state index contributed by atoms with van der Waals surface area (Å²) < 4.78 is 5.34. The minimum atomic E-state index is -0.404. The maximum Gasteiger partial charge on any atom is 0.239 e. The third kappa shape index (κ3) is 3.19. The molecule has 6 heteroatoms. The summed E-state index contributed by atoms with van der Waals surface area (Å²) in [6.45, 7) is -0.141. The Balaban J connectivity index is 1.60. The fourth-order valence-electron chi connectivity index (χ4n) is 2.60. The van der Waals surface area contributed by atoms with Crippen LogP contribution in [0.25, 0.3) is 0 Å². The van der Waals surface area contributed by atoms with Crippen LogP contribution in [-0.2, 0) is 4.79 Å². The standard InChI is InChI=1S/C16H19N3O3/c20-10-14(11-5-2-1-3-6-11)17-16(21)13-9-12(18-19-13)15-7-4-8-22-15/h1-8,12-14,18-20H,9-10H2,(H,17,21)/t12?,13?,14-/m1/s1. The molecule has 6 nitrogen and oxygen atoms in total. The van der Waals surface area contributed by atoms with Crippen molar-refractivity contribution in [2.45, 2.75) is 24.5 Å². The van der Waals surface area contributed by atoms with Crippen LogP contribution in [0.3, 0.4) is 0 Å². The van der Waals surface area contributed by atoms with Gasteiger partial charge in [0.15, 0.2) is 0 Å². The zero-order chi connectivity index (χ0) is 15.4. The quantitative estimate of drug-likeness (QED) is 0.663. The molecular formula is C16H19N3O3. The molecule has 1 aromatic heterocycles. The molecule has 3 atom stereocenters. The van der Waals surface area contributed by atoms with Crippen LogP contribution in [0, 0.1) is 0 Å². The van der Waals surface area contributed by atoms with Crippen LogP contribution in [0.15, 0.2) is 53.1 Å². The third-order valence-corrected chi connectivity index (χ3v) is 3.81. The van der Waals surface area contributed by atoms with E-state index in [1.54, 1.807) is 6.26 Å². The number of hydrogen-bond acceptors (Lipinski definition) is 5. The number of nitrogens with one attached hydrogen (secondary N) is 3. The average molecular weight is 301 g/mol. The Morgan fingerprint density at radius 1 is 1.27 bits per heavy atom. The number of rotatable bonds is 5. The van der Waals surface area contributed by atoms with E-state index in [1.165, 1.54) is 0 Å². The van der Waals surface area contributed by atoms with Crippen molar-refractivity contribution in [3.63, 3.8) is 0 Å². The molecule has 4 N–H and O–H groups in total. The molecule has 2 unspecified atom stereocenters. The van der Waals surface area contributed by atoms with Gasteiger partial charge < -0.3 is 14.8 Å². The van der Waals surface area contributed by atoms with Crippen molar-refractivity contribution in [3.05, 3.63) is 60.1 Å². The van der Waals surface area contributed by atoms with Crippen LogP contribution in [0.4, 0.5) is 0 Å². The molecule has 0 aliphatic carbocycles. The molecule has 1 aliphatic heterocycles. The van der Waals surface area contributed by atoms with Crippen LogP contribution in [0.2, 0.25) is 0 Å². The summed E-state index contributed by atoms with van der Waals surface area (Å²) in [7, 11) is 0. The first kappa shape index (κ1) is 14.8. The Labute approximate surface area is 128 Å². The van der Waals surface area contributed by atoms with Crippen molar-refractivity contribution in [2.75, 3.05) is 6.61 Å². The predicted molar refractivity (Wildman–Crippen MR) is 80.5 cm³/mol. The van der Waals surface area contributed by atoms with Gasteiger partial charge in [-0.1, -0.05) is 30.3 Å². The number of carbonyl (C=O) groups excluding carboxylic acids is 1. The SMILES string of the molecule is O=C(N[C@H](CO)c1ccccc1)C1CC(c2ccco2)NN1. The molecule has 1 aromatic carbocycles. The summed E-state index contributed by atoms with van der Waals surface area (Å²) in [6.07, 6.45) is 2.20. The second kappa shape index (κ2) is 6.74. The van der Waals surface area contributed by atoms with Crippen LogP contribution < -0.4 is 16.2 Å². The van der Waals surface area contributed by atoms with E-state index in [0.717, 1.165) is 11.3 Å². The van der Waals surface area contributed by atoms with Crippen molar-refractivity contribution in [2.24, 2.45) is 0 Å². The van der Waals surface area contributed by atoms with E-state index in [0.29, 0.717) is 6.42 Å². The van der Waals surface area contributed by atoms with Crippen molar-refractivity contribution < 1.29 is 14.3 Å². The van der Waals surface area contributed by atoms with E-state index >= 15 is 0 Å². The number of carbonyl (C=O) groups is 1. The van der Waals surface area contributed by atoms with Crippen molar-refractivity contribution in [1.29, 1.82) is 0 Å². The smallest absolute Gasteiger partial charge is 0.239 e. The van der Waals surface area contributed by atoms with E-state index in [1.807, 2.05) is 42.5 Å². The predicted octanol–water partition coefficient (Wildman–Crippen LogP) is 1.04. The van der Waals surface area contributed by atoms with Crippen LogP contribution >= 0.6 is 0 Å². The van der Waals surface area contributed by atoms with E-state index in [4.69, 9.17) is 4.42 Å². The van der Waals surface area contributed by atoms with Crippen LogP contribution in [-0.4, -0.2) is 23.7 Å². The molecule has 0 radical (unpaired) electrons. The molecule has 0 spiro atoms. The summed E-state index contributed by atoms with van der Waals surface area (Å²) >= 11 is 0. The van der Waals surface area contributed by atoms with Gasteiger partial charge in [0.05, 0.1) is 25.0 Å². The topological polar surface area (TPSA) is 86.5 Å². The van der Waals surface area contributed by atoms with Gasteiger partial charge in [0, 0.05) is 0 Å². The highest BCUT2D eigenvalue weighted by atomic mass is 16.3. The average Bonchev–Trinajstić information content (AvgIpc) is 3.23. The Hall–Kier alpha value is -2.15. The highest BCUT2D eigenvalue weighted by Gasteiger charge is 2.32. The van der Waals surface area contributed by atoms with Crippen molar-refractivity contribution in [1.82, 2.24) is 16.2 Å². The normalized spacial score (nSPS) is 22.4. The Bertz CT molecular complexity index is 600. The molecule has 3 rings (SSSR count). The number of aliphatic hydroxyl groups is 1. The lowest BCUT2D eigenvalue weighted by Gasteiger charge is -2.19. The lowest BCUT2D eigenvalue weighted by molar-refractivity contribution is -0.124. The first-order chi connectivity index (χ1) is 10.8. The zero-order valence-electron chi connectivity index (χ0n) is 12.0. The highest BCUT2D eigenvalue weighted by molar-refractivity contribution is 5.82. The number of hydrogen-bond donors (Lipinski definition) is 4. The van der Waals surface area contributed by atoms with E-state index in [9.17, 15) is 9.90 Å². The van der Waals surface area contributed by atoms with Gasteiger partial charge in [-0.3, -0.25) is 4.79 Å². The molecule has 1 saturated heterocycles. The zero-order valence-corrected chi connectivity index (χ0v) is 12.0. The van der Waals surface area contributed by atoms with Crippen LogP contribution in [0.5, 0.6) is 0 Å². The minimum Gasteiger partial charge on any atom is -0.468 e. The van der Waals surface area contributed by atoms with Gasteiger partial charge in [-0.05, 0) is 24.1 Å². The van der Waals surface area contributed by atoms with Crippen LogP contribution in [0.1, 0.15) is 29.8 Å². The van der Waals surface area contributed by atoms with E-state index in [-0.39, 0.29) is 24.6 Å². The third-order valence-electron chi connectivity index (χ3n) is 3.81. The minimum absolute atomic E-state index is 0.0324. The summed E-state index contributed by atoms with van der Waals surface area (Å²) in [5.74, 6) is 0.647. The molecule has 0 bridgehead atoms. The summed E-state index contributed by atoms with van der Waals surface area (Å²) in [5, 5.41) is 12.4. The molecule has 2 heterocycles. The van der Waals surface area contributed by atoms with Crippen molar-refractivity contribution >= 4 is 5.91 Å². The first-order valence-corrected chi connectivity index (χ1v) is 7.28. The number of benzene rings is 1. The number of amides is 1. The van der Waals surface area contributed by atoms with E-state index < -0.39 is 6.04 Å². The molecular weight excluding hydrogens is 282 g/mol. The molecule has 1 amide bonds. The van der Waals surface area contributed by atoms with Gasteiger partial charge in [-0.15, -0.1) is 0 Å². The molecule has 1 fully saturated rings.